The van der Waals surface area contributed by atoms with Crippen molar-refractivity contribution in [3.63, 3.8) is 0 Å². The van der Waals surface area contributed by atoms with E-state index in [1.807, 2.05) is 42.2 Å². The quantitative estimate of drug-likeness (QED) is 0.883. The van der Waals surface area contributed by atoms with Crippen molar-refractivity contribution in [3.05, 3.63) is 30.3 Å². The highest BCUT2D eigenvalue weighted by molar-refractivity contribution is 5.79. The Bertz CT molecular complexity index is 582. The first-order valence-corrected chi connectivity index (χ1v) is 8.58. The summed E-state index contributed by atoms with van der Waals surface area (Å²) >= 11 is 0. The molecule has 0 saturated carbocycles. The fraction of sp³-hybridized carbons (Fsp3) is 0.556. The van der Waals surface area contributed by atoms with Crippen LogP contribution in [0.15, 0.2) is 30.3 Å². The van der Waals surface area contributed by atoms with Crippen LogP contribution in [0.1, 0.15) is 26.2 Å². The van der Waals surface area contributed by atoms with E-state index >= 15 is 0 Å². The lowest BCUT2D eigenvalue weighted by Crippen LogP contribution is -2.49. The van der Waals surface area contributed by atoms with Crippen LogP contribution in [0.3, 0.4) is 0 Å². The summed E-state index contributed by atoms with van der Waals surface area (Å²) in [4.78, 5) is 25.6. The predicted molar refractivity (Wildman–Crippen MR) is 90.8 cm³/mol. The van der Waals surface area contributed by atoms with E-state index in [1.165, 1.54) is 0 Å². The van der Waals surface area contributed by atoms with Gasteiger partial charge in [-0.15, -0.1) is 0 Å². The van der Waals surface area contributed by atoms with Crippen molar-refractivity contribution in [1.29, 1.82) is 0 Å². The number of amides is 3. The summed E-state index contributed by atoms with van der Waals surface area (Å²) in [5, 5.41) is 5.85. The zero-order valence-electron chi connectivity index (χ0n) is 14.1. The number of ether oxygens (including phenoxy) is 1. The molecule has 1 unspecified atom stereocenters. The van der Waals surface area contributed by atoms with E-state index in [1.54, 1.807) is 0 Å². The third kappa shape index (κ3) is 3.99. The van der Waals surface area contributed by atoms with E-state index in [0.29, 0.717) is 26.1 Å². The number of rotatable bonds is 4. The average molecular weight is 331 g/mol. The van der Waals surface area contributed by atoms with Gasteiger partial charge in [-0.1, -0.05) is 18.2 Å². The minimum Gasteiger partial charge on any atom is -0.489 e. The standard InChI is InChI=1S/C18H25N3O3/c1-14(24-15-5-3-2-4-6-15)12-19-17(23)21-9-7-18(8-10-21)11-16(22)20-13-18/h2-6,14H,7-13H2,1H3,(H,19,23)(H,20,22). The van der Waals surface area contributed by atoms with Crippen molar-refractivity contribution in [2.24, 2.45) is 5.41 Å². The molecule has 6 nitrogen and oxygen atoms in total. The number of carbonyl (C=O) groups excluding carboxylic acids is 2. The average Bonchev–Trinajstić information content (AvgIpc) is 2.95. The number of likely N-dealkylation sites (tertiary alicyclic amines) is 1. The Morgan fingerprint density at radius 3 is 2.67 bits per heavy atom. The second-order valence-corrected chi connectivity index (χ2v) is 6.87. The summed E-state index contributed by atoms with van der Waals surface area (Å²) in [7, 11) is 0. The van der Waals surface area contributed by atoms with Gasteiger partial charge in [-0.05, 0) is 37.3 Å². The molecule has 2 heterocycles. The van der Waals surface area contributed by atoms with Crippen LogP contribution in [0.4, 0.5) is 4.79 Å². The Morgan fingerprint density at radius 2 is 2.04 bits per heavy atom. The Kier molecular flexibility index (Phi) is 4.92. The maximum atomic E-state index is 12.3. The van der Waals surface area contributed by atoms with Crippen LogP contribution in [0.5, 0.6) is 5.75 Å². The topological polar surface area (TPSA) is 70.7 Å². The number of benzene rings is 1. The molecule has 24 heavy (non-hydrogen) atoms. The van der Waals surface area contributed by atoms with Gasteiger partial charge < -0.3 is 20.3 Å². The number of nitrogens with zero attached hydrogens (tertiary/aromatic N) is 1. The molecule has 1 aromatic rings. The summed E-state index contributed by atoms with van der Waals surface area (Å²) in [5.74, 6) is 0.942. The first-order valence-electron chi connectivity index (χ1n) is 8.58. The fourth-order valence-corrected chi connectivity index (χ4v) is 3.41. The van der Waals surface area contributed by atoms with Crippen LogP contribution in [0.2, 0.25) is 0 Å². The highest BCUT2D eigenvalue weighted by Gasteiger charge is 2.41. The minimum absolute atomic E-state index is 0.0503. The first-order chi connectivity index (χ1) is 11.6. The molecular weight excluding hydrogens is 306 g/mol. The molecule has 2 aliphatic rings. The van der Waals surface area contributed by atoms with Crippen LogP contribution in [-0.2, 0) is 4.79 Å². The van der Waals surface area contributed by atoms with Gasteiger partial charge in [-0.2, -0.15) is 0 Å². The number of piperidine rings is 1. The molecule has 3 rings (SSSR count). The summed E-state index contributed by atoms with van der Waals surface area (Å²) in [6, 6.07) is 9.54. The number of carbonyl (C=O) groups is 2. The number of para-hydroxylation sites is 1. The van der Waals surface area contributed by atoms with Gasteiger partial charge in [0.2, 0.25) is 5.91 Å². The number of urea groups is 1. The highest BCUT2D eigenvalue weighted by Crippen LogP contribution is 2.37. The van der Waals surface area contributed by atoms with Crippen LogP contribution in [0, 0.1) is 5.41 Å². The molecule has 2 fully saturated rings. The molecule has 130 valence electrons. The molecule has 2 saturated heterocycles. The van der Waals surface area contributed by atoms with Crippen LogP contribution < -0.4 is 15.4 Å². The molecule has 1 spiro atoms. The summed E-state index contributed by atoms with van der Waals surface area (Å²) in [5.41, 5.74) is 0.0670. The number of nitrogens with one attached hydrogen (secondary N) is 2. The monoisotopic (exact) mass is 331 g/mol. The Labute approximate surface area is 142 Å². The molecule has 2 aliphatic heterocycles. The first kappa shape index (κ1) is 16.6. The normalized spacial score (nSPS) is 20.5. The van der Waals surface area contributed by atoms with Gasteiger partial charge in [0, 0.05) is 26.1 Å². The lowest BCUT2D eigenvalue weighted by Gasteiger charge is -2.38. The number of hydrogen-bond acceptors (Lipinski definition) is 3. The Morgan fingerprint density at radius 1 is 1.33 bits per heavy atom. The smallest absolute Gasteiger partial charge is 0.317 e. The third-order valence-electron chi connectivity index (χ3n) is 4.93. The summed E-state index contributed by atoms with van der Waals surface area (Å²) < 4.78 is 5.76. The number of hydrogen-bond donors (Lipinski definition) is 2. The largest absolute Gasteiger partial charge is 0.489 e. The molecular formula is C18H25N3O3. The van der Waals surface area contributed by atoms with Gasteiger partial charge >= 0.3 is 6.03 Å². The van der Waals surface area contributed by atoms with E-state index < -0.39 is 0 Å². The van der Waals surface area contributed by atoms with Crippen molar-refractivity contribution in [3.8, 4) is 5.75 Å². The van der Waals surface area contributed by atoms with Gasteiger partial charge in [-0.3, -0.25) is 4.79 Å². The van der Waals surface area contributed by atoms with E-state index in [4.69, 9.17) is 4.74 Å². The minimum atomic E-state index is -0.0934. The lowest BCUT2D eigenvalue weighted by molar-refractivity contribution is -0.119. The molecule has 2 N–H and O–H groups in total. The van der Waals surface area contributed by atoms with Crippen molar-refractivity contribution < 1.29 is 14.3 Å². The summed E-state index contributed by atoms with van der Waals surface area (Å²) in [6.45, 7) is 4.57. The molecule has 0 radical (unpaired) electrons. The Hall–Kier alpha value is -2.24. The highest BCUT2D eigenvalue weighted by atomic mass is 16.5. The van der Waals surface area contributed by atoms with E-state index in [9.17, 15) is 9.59 Å². The molecule has 3 amide bonds. The second kappa shape index (κ2) is 7.11. The third-order valence-corrected chi connectivity index (χ3v) is 4.93. The molecule has 1 aromatic carbocycles. The molecule has 1 atom stereocenters. The van der Waals surface area contributed by atoms with E-state index in [-0.39, 0.29) is 23.5 Å². The van der Waals surface area contributed by atoms with Gasteiger partial charge in [0.15, 0.2) is 0 Å². The summed E-state index contributed by atoms with van der Waals surface area (Å²) in [6.07, 6.45) is 2.28. The second-order valence-electron chi connectivity index (χ2n) is 6.87. The van der Waals surface area contributed by atoms with Crippen molar-refractivity contribution >= 4 is 11.9 Å². The fourth-order valence-electron chi connectivity index (χ4n) is 3.41. The van der Waals surface area contributed by atoms with Crippen molar-refractivity contribution in [2.75, 3.05) is 26.2 Å². The zero-order valence-corrected chi connectivity index (χ0v) is 14.1. The maximum Gasteiger partial charge on any atom is 0.317 e. The Balaban J connectivity index is 1.40. The zero-order chi connectivity index (χ0) is 17.0. The lowest BCUT2D eigenvalue weighted by atomic mass is 9.78. The van der Waals surface area contributed by atoms with Crippen LogP contribution >= 0.6 is 0 Å². The molecule has 0 bridgehead atoms. The molecule has 0 aromatic heterocycles. The predicted octanol–water partition coefficient (Wildman–Crippen LogP) is 1.77. The maximum absolute atomic E-state index is 12.3. The van der Waals surface area contributed by atoms with Crippen molar-refractivity contribution in [2.45, 2.75) is 32.3 Å². The van der Waals surface area contributed by atoms with Gasteiger partial charge in [0.1, 0.15) is 11.9 Å². The molecule has 6 heteroatoms. The van der Waals surface area contributed by atoms with E-state index in [2.05, 4.69) is 10.6 Å². The van der Waals surface area contributed by atoms with Crippen LogP contribution in [-0.4, -0.2) is 49.1 Å². The van der Waals surface area contributed by atoms with Crippen molar-refractivity contribution in [1.82, 2.24) is 15.5 Å². The van der Waals surface area contributed by atoms with Crippen LogP contribution in [0.25, 0.3) is 0 Å². The SMILES string of the molecule is CC(CNC(=O)N1CCC2(CC1)CNC(=O)C2)Oc1ccccc1. The van der Waals surface area contributed by atoms with E-state index in [0.717, 1.165) is 25.1 Å². The van der Waals surface area contributed by atoms with Gasteiger partial charge in [0.25, 0.3) is 0 Å². The molecule has 0 aliphatic carbocycles. The van der Waals surface area contributed by atoms with Gasteiger partial charge in [0.05, 0.1) is 6.54 Å². The van der Waals surface area contributed by atoms with Gasteiger partial charge in [-0.25, -0.2) is 4.79 Å².